The maximum Gasteiger partial charge on any atom is 0.211 e. The number of benzene rings is 1. The van der Waals surface area contributed by atoms with Crippen LogP contribution in [-0.2, 0) is 21.3 Å². The fraction of sp³-hybridized carbons (Fsp3) is 0.350. The van der Waals surface area contributed by atoms with E-state index in [0.29, 0.717) is 25.6 Å². The van der Waals surface area contributed by atoms with Crippen LogP contribution >= 0.6 is 11.3 Å². The summed E-state index contributed by atoms with van der Waals surface area (Å²) < 4.78 is 30.6. The molecule has 1 aliphatic rings. The molecular weight excluding hydrogens is 436 g/mol. The minimum atomic E-state index is -3.27. The first-order chi connectivity index (χ1) is 14.9. The molecular formula is C20H22N6O3S2. The van der Waals surface area contributed by atoms with Gasteiger partial charge in [0.05, 0.1) is 36.6 Å². The third kappa shape index (κ3) is 3.89. The van der Waals surface area contributed by atoms with Crippen LogP contribution < -0.4 is 4.90 Å². The largest absolute Gasteiger partial charge is 0.378 e. The van der Waals surface area contributed by atoms with Gasteiger partial charge in [0.1, 0.15) is 10.6 Å². The Morgan fingerprint density at radius 1 is 1.23 bits per heavy atom. The average Bonchev–Trinajstić information content (AvgIpc) is 3.39. The van der Waals surface area contributed by atoms with E-state index < -0.39 is 10.0 Å². The van der Waals surface area contributed by atoms with Gasteiger partial charge in [-0.3, -0.25) is 5.10 Å². The topological polar surface area (TPSA) is 104 Å². The minimum absolute atomic E-state index is 0.301. The molecule has 1 saturated heterocycles. The highest BCUT2D eigenvalue weighted by Gasteiger charge is 2.22. The highest BCUT2D eigenvalue weighted by atomic mass is 32.2. The lowest BCUT2D eigenvalue weighted by Gasteiger charge is -2.28. The van der Waals surface area contributed by atoms with Crippen molar-refractivity contribution in [1.82, 2.24) is 24.5 Å². The van der Waals surface area contributed by atoms with Gasteiger partial charge >= 0.3 is 0 Å². The standard InChI is InChI=1S/C20H22N6O3S2/c1-25(31(2,27)28)12-13-10-15-19(26-6-8-29-9-7-26)22-18(23-20(15)30-13)14-4-3-5-17-16(14)11-21-24-17/h3-5,10-11H,6-9,12H2,1-2H3,(H,21,24). The van der Waals surface area contributed by atoms with Crippen molar-refractivity contribution in [3.8, 4) is 11.4 Å². The first kappa shape index (κ1) is 20.3. The number of aromatic nitrogens is 4. The van der Waals surface area contributed by atoms with E-state index in [4.69, 9.17) is 14.7 Å². The molecule has 0 aliphatic carbocycles. The number of hydrogen-bond acceptors (Lipinski definition) is 8. The molecule has 1 aromatic carbocycles. The third-order valence-corrected chi connectivity index (χ3v) is 7.68. The van der Waals surface area contributed by atoms with Gasteiger partial charge in [0.15, 0.2) is 5.82 Å². The summed E-state index contributed by atoms with van der Waals surface area (Å²) in [6.45, 7) is 3.08. The highest BCUT2D eigenvalue weighted by molar-refractivity contribution is 7.88. The molecule has 0 radical (unpaired) electrons. The van der Waals surface area contributed by atoms with E-state index >= 15 is 0 Å². The summed E-state index contributed by atoms with van der Waals surface area (Å²) in [4.78, 5) is 13.8. The lowest BCUT2D eigenvalue weighted by atomic mass is 10.1. The van der Waals surface area contributed by atoms with Crippen LogP contribution in [0.25, 0.3) is 32.5 Å². The van der Waals surface area contributed by atoms with Crippen LogP contribution in [-0.4, -0.2) is 72.5 Å². The van der Waals surface area contributed by atoms with Crippen molar-refractivity contribution in [2.24, 2.45) is 0 Å². The van der Waals surface area contributed by atoms with E-state index in [1.807, 2.05) is 24.3 Å². The normalized spacial score (nSPS) is 15.4. The van der Waals surface area contributed by atoms with Gasteiger partial charge in [-0.2, -0.15) is 5.10 Å². The first-order valence-electron chi connectivity index (χ1n) is 9.87. The predicted octanol–water partition coefficient (Wildman–Crippen LogP) is 2.46. The highest BCUT2D eigenvalue weighted by Crippen LogP contribution is 2.35. The molecule has 0 saturated carbocycles. The molecule has 0 amide bonds. The SMILES string of the molecule is CN(Cc1cc2c(N3CCOCC3)nc(-c3cccc4[nH]ncc34)nc2s1)S(C)(=O)=O. The van der Waals surface area contributed by atoms with Crippen LogP contribution in [0.2, 0.25) is 0 Å². The van der Waals surface area contributed by atoms with Crippen LogP contribution in [0.4, 0.5) is 5.82 Å². The maximum absolute atomic E-state index is 11.9. The monoisotopic (exact) mass is 458 g/mol. The molecule has 162 valence electrons. The van der Waals surface area contributed by atoms with Crippen LogP contribution in [0.5, 0.6) is 0 Å². The van der Waals surface area contributed by atoms with Gasteiger partial charge in [-0.15, -0.1) is 11.3 Å². The summed E-state index contributed by atoms with van der Waals surface area (Å²) in [5, 5.41) is 9.05. The lowest BCUT2D eigenvalue weighted by Crippen LogP contribution is -2.37. The molecule has 11 heteroatoms. The number of thiophene rings is 1. The Kier molecular flexibility index (Phi) is 5.13. The number of sulfonamides is 1. The molecule has 0 unspecified atom stereocenters. The van der Waals surface area contributed by atoms with E-state index in [0.717, 1.165) is 50.5 Å². The smallest absolute Gasteiger partial charge is 0.211 e. The summed E-state index contributed by atoms with van der Waals surface area (Å²) >= 11 is 1.50. The number of nitrogens with one attached hydrogen (secondary N) is 1. The number of fused-ring (bicyclic) bond motifs is 2. The molecule has 1 aliphatic heterocycles. The van der Waals surface area contributed by atoms with Gasteiger partial charge in [-0.05, 0) is 12.1 Å². The molecule has 4 heterocycles. The molecule has 9 nitrogen and oxygen atoms in total. The van der Waals surface area contributed by atoms with Crippen LogP contribution in [0.3, 0.4) is 0 Å². The Morgan fingerprint density at radius 3 is 2.81 bits per heavy atom. The maximum atomic E-state index is 11.9. The second kappa shape index (κ2) is 7.83. The van der Waals surface area contributed by atoms with Gasteiger partial charge in [-0.1, -0.05) is 12.1 Å². The van der Waals surface area contributed by atoms with Crippen molar-refractivity contribution in [3.05, 3.63) is 35.3 Å². The van der Waals surface area contributed by atoms with Crippen molar-refractivity contribution >= 4 is 48.3 Å². The number of aromatic amines is 1. The van der Waals surface area contributed by atoms with Crippen molar-refractivity contribution in [2.45, 2.75) is 6.54 Å². The molecule has 31 heavy (non-hydrogen) atoms. The second-order valence-electron chi connectivity index (χ2n) is 7.56. The molecule has 4 aromatic rings. The molecule has 0 spiro atoms. The Morgan fingerprint density at radius 2 is 2.03 bits per heavy atom. The summed E-state index contributed by atoms with van der Waals surface area (Å²) in [6.07, 6.45) is 3.00. The van der Waals surface area contributed by atoms with Gasteiger partial charge in [0.2, 0.25) is 10.0 Å². The molecule has 5 rings (SSSR count). The van der Waals surface area contributed by atoms with Crippen molar-refractivity contribution in [3.63, 3.8) is 0 Å². The number of hydrogen-bond donors (Lipinski definition) is 1. The predicted molar refractivity (Wildman–Crippen MR) is 122 cm³/mol. The Hall–Kier alpha value is -2.60. The van der Waals surface area contributed by atoms with Crippen LogP contribution in [0.1, 0.15) is 4.88 Å². The third-order valence-electron chi connectivity index (χ3n) is 5.40. The van der Waals surface area contributed by atoms with E-state index in [1.54, 1.807) is 13.2 Å². The number of ether oxygens (including phenoxy) is 1. The van der Waals surface area contributed by atoms with Gasteiger partial charge in [-0.25, -0.2) is 22.7 Å². The number of morpholine rings is 1. The number of H-pyrrole nitrogens is 1. The van der Waals surface area contributed by atoms with Crippen LogP contribution in [0.15, 0.2) is 30.5 Å². The molecule has 1 fully saturated rings. The van der Waals surface area contributed by atoms with E-state index in [-0.39, 0.29) is 0 Å². The quantitative estimate of drug-likeness (QED) is 0.490. The average molecular weight is 459 g/mol. The van der Waals surface area contributed by atoms with Crippen molar-refractivity contribution in [1.29, 1.82) is 0 Å². The summed E-state index contributed by atoms with van der Waals surface area (Å²) in [6, 6.07) is 7.93. The van der Waals surface area contributed by atoms with E-state index in [9.17, 15) is 8.42 Å². The van der Waals surface area contributed by atoms with Crippen LogP contribution in [0, 0.1) is 0 Å². The molecule has 0 atom stereocenters. The lowest BCUT2D eigenvalue weighted by molar-refractivity contribution is 0.122. The van der Waals surface area contributed by atoms with Crippen molar-refractivity contribution in [2.75, 3.05) is 44.5 Å². The zero-order valence-corrected chi connectivity index (χ0v) is 18.8. The Labute approximate surface area is 183 Å². The minimum Gasteiger partial charge on any atom is -0.378 e. The number of nitrogens with zero attached hydrogens (tertiary/aromatic N) is 5. The summed E-state index contributed by atoms with van der Waals surface area (Å²) in [5.41, 5.74) is 1.83. The molecule has 1 N–H and O–H groups in total. The van der Waals surface area contributed by atoms with Crippen molar-refractivity contribution < 1.29 is 13.2 Å². The first-order valence-corrected chi connectivity index (χ1v) is 12.5. The van der Waals surface area contributed by atoms with E-state index in [1.165, 1.54) is 21.9 Å². The zero-order valence-electron chi connectivity index (χ0n) is 17.2. The van der Waals surface area contributed by atoms with E-state index in [2.05, 4.69) is 15.1 Å². The number of anilines is 1. The Balaban J connectivity index is 1.66. The number of rotatable bonds is 5. The van der Waals surface area contributed by atoms with Gasteiger partial charge in [0, 0.05) is 42.5 Å². The van der Waals surface area contributed by atoms with Gasteiger partial charge in [0.25, 0.3) is 0 Å². The summed E-state index contributed by atoms with van der Waals surface area (Å²) in [5.74, 6) is 1.49. The fourth-order valence-electron chi connectivity index (χ4n) is 3.67. The van der Waals surface area contributed by atoms with Gasteiger partial charge < -0.3 is 9.64 Å². The summed E-state index contributed by atoms with van der Waals surface area (Å²) in [7, 11) is -1.69. The zero-order chi connectivity index (χ0) is 21.6. The second-order valence-corrected chi connectivity index (χ2v) is 10.8. The fourth-order valence-corrected chi connectivity index (χ4v) is 5.20. The molecule has 0 bridgehead atoms. The Bertz CT molecular complexity index is 1360. The molecule has 3 aromatic heterocycles.